The molecule has 0 saturated carbocycles. The molecule has 35 heavy (non-hydrogen) atoms. The summed E-state index contributed by atoms with van der Waals surface area (Å²) in [5.41, 5.74) is 3.54. The van der Waals surface area contributed by atoms with Crippen LogP contribution in [-0.4, -0.2) is 48.9 Å². The standard InChI is InChI=1S/C28H36N2O5/c1-28(2,3)35-27(32)30-17-14-23-10-7-11-24(25(23)30)20-33-18-22-12-15-29(16-13-22)26(31)34-19-21-8-5-4-6-9-21/h4-11,22H,12-20H2,1-3H3. The molecule has 2 aliphatic rings. The van der Waals surface area contributed by atoms with Gasteiger partial charge in [-0.25, -0.2) is 9.59 Å². The van der Waals surface area contributed by atoms with Crippen molar-refractivity contribution in [3.63, 3.8) is 0 Å². The van der Waals surface area contributed by atoms with Gasteiger partial charge in [-0.05, 0) is 57.1 Å². The minimum absolute atomic E-state index is 0.254. The summed E-state index contributed by atoms with van der Waals surface area (Å²) in [7, 11) is 0. The van der Waals surface area contributed by atoms with Gasteiger partial charge in [0.15, 0.2) is 0 Å². The monoisotopic (exact) mass is 480 g/mol. The van der Waals surface area contributed by atoms with Crippen LogP contribution in [0.1, 0.15) is 50.3 Å². The van der Waals surface area contributed by atoms with Gasteiger partial charge in [-0.1, -0.05) is 48.5 Å². The van der Waals surface area contributed by atoms with E-state index >= 15 is 0 Å². The predicted octanol–water partition coefficient (Wildman–Crippen LogP) is 5.55. The number of hydrogen-bond acceptors (Lipinski definition) is 5. The van der Waals surface area contributed by atoms with Crippen molar-refractivity contribution in [1.29, 1.82) is 0 Å². The molecule has 2 amide bonds. The molecule has 188 valence electrons. The van der Waals surface area contributed by atoms with Gasteiger partial charge in [0.1, 0.15) is 12.2 Å². The summed E-state index contributed by atoms with van der Waals surface area (Å²) in [4.78, 5) is 28.6. The van der Waals surface area contributed by atoms with Gasteiger partial charge in [0.25, 0.3) is 0 Å². The average molecular weight is 481 g/mol. The number of likely N-dealkylation sites (tertiary alicyclic amines) is 1. The molecule has 2 aliphatic heterocycles. The first-order chi connectivity index (χ1) is 16.8. The molecule has 2 aromatic rings. The van der Waals surface area contributed by atoms with Gasteiger partial charge in [0, 0.05) is 31.8 Å². The van der Waals surface area contributed by atoms with Gasteiger partial charge in [-0.2, -0.15) is 0 Å². The maximum atomic E-state index is 12.7. The van der Waals surface area contributed by atoms with Gasteiger partial charge in [0.05, 0.1) is 12.3 Å². The van der Waals surface area contributed by atoms with Crippen molar-refractivity contribution in [2.75, 3.05) is 31.1 Å². The largest absolute Gasteiger partial charge is 0.445 e. The first-order valence-corrected chi connectivity index (χ1v) is 12.4. The number of hydrogen-bond donors (Lipinski definition) is 0. The van der Waals surface area contributed by atoms with Crippen molar-refractivity contribution in [1.82, 2.24) is 4.90 Å². The van der Waals surface area contributed by atoms with Crippen LogP contribution in [0, 0.1) is 5.92 Å². The summed E-state index contributed by atoms with van der Waals surface area (Å²) in [6, 6.07) is 15.8. The van der Waals surface area contributed by atoms with E-state index in [9.17, 15) is 9.59 Å². The fourth-order valence-corrected chi connectivity index (χ4v) is 4.58. The van der Waals surface area contributed by atoms with Crippen molar-refractivity contribution in [2.24, 2.45) is 5.92 Å². The minimum atomic E-state index is -0.534. The Bertz CT molecular complexity index is 1010. The van der Waals surface area contributed by atoms with Crippen molar-refractivity contribution in [3.8, 4) is 0 Å². The van der Waals surface area contributed by atoms with E-state index in [2.05, 4.69) is 6.07 Å². The number of rotatable bonds is 6. The Morgan fingerprint density at radius 1 is 0.914 bits per heavy atom. The maximum absolute atomic E-state index is 12.7. The molecule has 0 atom stereocenters. The predicted molar refractivity (Wildman–Crippen MR) is 134 cm³/mol. The molecule has 0 aromatic heterocycles. The van der Waals surface area contributed by atoms with Gasteiger partial charge >= 0.3 is 12.2 Å². The quantitative estimate of drug-likeness (QED) is 0.542. The molecule has 0 aliphatic carbocycles. The Kier molecular flexibility index (Phi) is 7.96. The summed E-state index contributed by atoms with van der Waals surface area (Å²) < 4.78 is 17.2. The molecule has 1 fully saturated rings. The SMILES string of the molecule is CC(C)(C)OC(=O)N1CCc2cccc(COCC3CCN(C(=O)OCc4ccccc4)CC3)c21. The number of amides is 2. The van der Waals surface area contributed by atoms with E-state index in [0.717, 1.165) is 41.6 Å². The summed E-state index contributed by atoms with van der Waals surface area (Å²) in [5, 5.41) is 0. The normalized spacial score (nSPS) is 16.2. The summed E-state index contributed by atoms with van der Waals surface area (Å²) >= 11 is 0. The molecular formula is C28H36N2O5. The second-order valence-corrected chi connectivity index (χ2v) is 10.3. The van der Waals surface area contributed by atoms with Gasteiger partial charge < -0.3 is 19.1 Å². The van der Waals surface area contributed by atoms with Crippen LogP contribution in [-0.2, 0) is 33.8 Å². The Morgan fingerprint density at radius 3 is 2.37 bits per heavy atom. The maximum Gasteiger partial charge on any atom is 0.414 e. The lowest BCUT2D eigenvalue weighted by Crippen LogP contribution is -2.39. The van der Waals surface area contributed by atoms with E-state index in [1.165, 1.54) is 0 Å². The molecule has 7 nitrogen and oxygen atoms in total. The number of anilines is 1. The lowest BCUT2D eigenvalue weighted by molar-refractivity contribution is 0.0468. The number of piperidine rings is 1. The molecule has 0 radical (unpaired) electrons. The lowest BCUT2D eigenvalue weighted by Gasteiger charge is -2.31. The van der Waals surface area contributed by atoms with Crippen LogP contribution in [0.4, 0.5) is 15.3 Å². The second kappa shape index (κ2) is 11.1. The van der Waals surface area contributed by atoms with E-state index in [0.29, 0.717) is 45.4 Å². The first-order valence-electron chi connectivity index (χ1n) is 12.4. The topological polar surface area (TPSA) is 68.3 Å². The van der Waals surface area contributed by atoms with Gasteiger partial charge in [0.2, 0.25) is 0 Å². The third-order valence-electron chi connectivity index (χ3n) is 6.38. The molecule has 2 heterocycles. The zero-order valence-corrected chi connectivity index (χ0v) is 21.0. The molecule has 7 heteroatoms. The minimum Gasteiger partial charge on any atom is -0.445 e. The average Bonchev–Trinajstić information content (AvgIpc) is 3.28. The third kappa shape index (κ3) is 6.75. The van der Waals surface area contributed by atoms with Crippen LogP contribution in [0.15, 0.2) is 48.5 Å². The van der Waals surface area contributed by atoms with Crippen LogP contribution in [0.5, 0.6) is 0 Å². The van der Waals surface area contributed by atoms with E-state index in [1.54, 1.807) is 9.80 Å². The molecular weight excluding hydrogens is 444 g/mol. The Hall–Kier alpha value is -3.06. The summed E-state index contributed by atoms with van der Waals surface area (Å²) in [5.74, 6) is 0.395. The zero-order chi connectivity index (χ0) is 24.8. The number of carbonyl (C=O) groups is 2. The van der Waals surface area contributed by atoms with Crippen LogP contribution in [0.25, 0.3) is 0 Å². The fourth-order valence-electron chi connectivity index (χ4n) is 4.58. The molecule has 0 unspecified atom stereocenters. The van der Waals surface area contributed by atoms with Crippen LogP contribution in [0.2, 0.25) is 0 Å². The zero-order valence-electron chi connectivity index (χ0n) is 21.0. The molecule has 1 saturated heterocycles. The number of carbonyl (C=O) groups excluding carboxylic acids is 2. The third-order valence-corrected chi connectivity index (χ3v) is 6.38. The van der Waals surface area contributed by atoms with E-state index in [1.807, 2.05) is 63.2 Å². The van der Waals surface area contributed by atoms with Gasteiger partial charge in [-0.3, -0.25) is 4.90 Å². The van der Waals surface area contributed by atoms with Crippen LogP contribution < -0.4 is 4.90 Å². The van der Waals surface area contributed by atoms with Crippen LogP contribution >= 0.6 is 0 Å². The fraction of sp³-hybridized carbons (Fsp3) is 0.500. The summed E-state index contributed by atoms with van der Waals surface area (Å²) in [6.45, 7) is 8.99. The van der Waals surface area contributed by atoms with Crippen LogP contribution in [0.3, 0.4) is 0 Å². The second-order valence-electron chi connectivity index (χ2n) is 10.3. The van der Waals surface area contributed by atoms with E-state index in [4.69, 9.17) is 14.2 Å². The number of fused-ring (bicyclic) bond motifs is 1. The highest BCUT2D eigenvalue weighted by atomic mass is 16.6. The molecule has 4 rings (SSSR count). The molecule has 0 bridgehead atoms. The number of nitrogens with zero attached hydrogens (tertiary/aromatic N) is 2. The molecule has 0 N–H and O–H groups in total. The van der Waals surface area contributed by atoms with Crippen molar-refractivity contribution in [2.45, 2.75) is 58.8 Å². The lowest BCUT2D eigenvalue weighted by atomic mass is 9.98. The Labute approximate surface area is 207 Å². The van der Waals surface area contributed by atoms with Crippen molar-refractivity contribution >= 4 is 17.9 Å². The first kappa shape index (κ1) is 25.0. The van der Waals surface area contributed by atoms with E-state index in [-0.39, 0.29) is 12.2 Å². The highest BCUT2D eigenvalue weighted by Gasteiger charge is 2.31. The number of ether oxygens (including phenoxy) is 3. The molecule has 0 spiro atoms. The highest BCUT2D eigenvalue weighted by molar-refractivity contribution is 5.91. The number of para-hydroxylation sites is 1. The number of benzene rings is 2. The Balaban J connectivity index is 1.23. The van der Waals surface area contributed by atoms with Crippen molar-refractivity contribution < 1.29 is 23.8 Å². The summed E-state index contributed by atoms with van der Waals surface area (Å²) in [6.07, 6.45) is 2.03. The van der Waals surface area contributed by atoms with E-state index < -0.39 is 5.60 Å². The Morgan fingerprint density at radius 2 is 1.66 bits per heavy atom. The molecule has 2 aromatic carbocycles. The van der Waals surface area contributed by atoms with Crippen molar-refractivity contribution in [3.05, 3.63) is 65.2 Å². The smallest absolute Gasteiger partial charge is 0.414 e. The van der Waals surface area contributed by atoms with Gasteiger partial charge in [-0.15, -0.1) is 0 Å². The highest BCUT2D eigenvalue weighted by Crippen LogP contribution is 2.33.